The topological polar surface area (TPSA) is 46.5 Å². The maximum atomic E-state index is 10.4. The monoisotopic (exact) mass is 260 g/mol. The summed E-state index contributed by atoms with van der Waals surface area (Å²) in [4.78, 5) is 10.4. The molecular formula is C16H20O3. The van der Waals surface area contributed by atoms with Crippen molar-refractivity contribution in [2.24, 2.45) is 0 Å². The summed E-state index contributed by atoms with van der Waals surface area (Å²) in [6.45, 7) is 4.40. The highest BCUT2D eigenvalue weighted by Crippen LogP contribution is 2.14. The molecule has 1 aromatic carbocycles. The fraction of sp³-hybridized carbons (Fsp3) is 0.312. The lowest BCUT2D eigenvalue weighted by Gasteiger charge is -2.05. The van der Waals surface area contributed by atoms with Crippen molar-refractivity contribution in [1.82, 2.24) is 0 Å². The van der Waals surface area contributed by atoms with Crippen LogP contribution in [0.4, 0.5) is 0 Å². The minimum Gasteiger partial charge on any atom is -0.494 e. The van der Waals surface area contributed by atoms with Gasteiger partial charge in [0.15, 0.2) is 0 Å². The van der Waals surface area contributed by atoms with Gasteiger partial charge >= 0.3 is 5.97 Å². The third kappa shape index (κ3) is 7.09. The van der Waals surface area contributed by atoms with Crippen LogP contribution in [0.3, 0.4) is 0 Å². The molecule has 3 nitrogen and oxygen atoms in total. The van der Waals surface area contributed by atoms with Crippen LogP contribution in [0.1, 0.15) is 31.2 Å². The average Bonchev–Trinajstić information content (AvgIpc) is 2.41. The van der Waals surface area contributed by atoms with E-state index in [1.807, 2.05) is 30.3 Å². The highest BCUT2D eigenvalue weighted by molar-refractivity contribution is 5.85. The molecule has 1 aromatic rings. The summed E-state index contributed by atoms with van der Waals surface area (Å²) in [7, 11) is 0. The lowest BCUT2D eigenvalue weighted by Crippen LogP contribution is -1.97. The van der Waals surface area contributed by atoms with E-state index >= 15 is 0 Å². The Balaban J connectivity index is 2.28. The van der Waals surface area contributed by atoms with Gasteiger partial charge in [-0.25, -0.2) is 4.79 Å². The first-order valence-corrected chi connectivity index (χ1v) is 6.47. The van der Waals surface area contributed by atoms with E-state index < -0.39 is 5.97 Å². The van der Waals surface area contributed by atoms with E-state index in [1.165, 1.54) is 0 Å². The smallest absolute Gasteiger partial charge is 0.328 e. The molecular weight excluding hydrogens is 240 g/mol. The standard InChI is InChI=1S/C16H20O3/c1-2-3-4-5-6-13-19-15-10-7-14(8-11-15)9-12-16(17)18/h2,7-12H,1,3-6,13H2,(H,17,18)/b12-9+. The molecule has 0 unspecified atom stereocenters. The maximum Gasteiger partial charge on any atom is 0.328 e. The van der Waals surface area contributed by atoms with Gasteiger partial charge < -0.3 is 9.84 Å². The van der Waals surface area contributed by atoms with Crippen molar-refractivity contribution in [1.29, 1.82) is 0 Å². The number of ether oxygens (including phenoxy) is 1. The largest absolute Gasteiger partial charge is 0.494 e. The first kappa shape index (κ1) is 15.0. The molecule has 3 heteroatoms. The van der Waals surface area contributed by atoms with Crippen LogP contribution in [-0.4, -0.2) is 17.7 Å². The molecule has 102 valence electrons. The molecule has 0 saturated heterocycles. The summed E-state index contributed by atoms with van der Waals surface area (Å²) >= 11 is 0. The van der Waals surface area contributed by atoms with Gasteiger partial charge in [0.2, 0.25) is 0 Å². The number of rotatable bonds is 9. The Morgan fingerprint density at radius 2 is 1.95 bits per heavy atom. The minimum atomic E-state index is -0.945. The van der Waals surface area contributed by atoms with Gasteiger partial charge in [0.25, 0.3) is 0 Å². The molecule has 0 fully saturated rings. The summed E-state index contributed by atoms with van der Waals surface area (Å²) in [6, 6.07) is 7.38. The van der Waals surface area contributed by atoms with E-state index in [-0.39, 0.29) is 0 Å². The van der Waals surface area contributed by atoms with E-state index in [2.05, 4.69) is 6.58 Å². The molecule has 0 bridgehead atoms. The number of hydrogen-bond donors (Lipinski definition) is 1. The number of hydrogen-bond acceptors (Lipinski definition) is 2. The van der Waals surface area contributed by atoms with E-state index in [4.69, 9.17) is 9.84 Å². The third-order valence-corrected chi connectivity index (χ3v) is 2.62. The van der Waals surface area contributed by atoms with E-state index in [1.54, 1.807) is 6.08 Å². The van der Waals surface area contributed by atoms with Crippen molar-refractivity contribution >= 4 is 12.0 Å². The molecule has 0 aromatic heterocycles. The summed E-state index contributed by atoms with van der Waals surface area (Å²) in [5.74, 6) is -0.129. The van der Waals surface area contributed by atoms with Gasteiger partial charge in [-0.15, -0.1) is 6.58 Å². The van der Waals surface area contributed by atoms with Gasteiger partial charge in [-0.2, -0.15) is 0 Å². The van der Waals surface area contributed by atoms with Crippen LogP contribution < -0.4 is 4.74 Å². The molecule has 1 N–H and O–H groups in total. The number of carboxylic acid groups (broad SMARTS) is 1. The zero-order valence-electron chi connectivity index (χ0n) is 11.0. The molecule has 0 spiro atoms. The molecule has 0 amide bonds. The number of benzene rings is 1. The Labute approximate surface area is 114 Å². The van der Waals surface area contributed by atoms with Gasteiger partial charge in [-0.3, -0.25) is 0 Å². The number of unbranched alkanes of at least 4 members (excludes halogenated alkanes) is 3. The Bertz CT molecular complexity index is 418. The second-order valence-electron chi connectivity index (χ2n) is 4.23. The van der Waals surface area contributed by atoms with Crippen LogP contribution >= 0.6 is 0 Å². The molecule has 0 aliphatic rings. The highest BCUT2D eigenvalue weighted by atomic mass is 16.5. The Morgan fingerprint density at radius 3 is 2.58 bits per heavy atom. The lowest BCUT2D eigenvalue weighted by molar-refractivity contribution is -0.131. The summed E-state index contributed by atoms with van der Waals surface area (Å²) in [5, 5.41) is 8.52. The van der Waals surface area contributed by atoms with Gasteiger partial charge in [0.05, 0.1) is 6.61 Å². The van der Waals surface area contributed by atoms with Crippen molar-refractivity contribution in [3.63, 3.8) is 0 Å². The minimum absolute atomic E-state index is 0.710. The van der Waals surface area contributed by atoms with Crippen molar-refractivity contribution in [2.45, 2.75) is 25.7 Å². The molecule has 19 heavy (non-hydrogen) atoms. The Kier molecular flexibility index (Phi) is 7.10. The predicted octanol–water partition coefficient (Wildman–Crippen LogP) is 3.91. The van der Waals surface area contributed by atoms with E-state index in [0.29, 0.717) is 6.61 Å². The van der Waals surface area contributed by atoms with Crippen LogP contribution in [0.2, 0.25) is 0 Å². The molecule has 0 heterocycles. The van der Waals surface area contributed by atoms with Crippen molar-refractivity contribution in [3.8, 4) is 5.75 Å². The second kappa shape index (κ2) is 8.97. The van der Waals surface area contributed by atoms with Crippen LogP contribution in [0.15, 0.2) is 43.0 Å². The van der Waals surface area contributed by atoms with Crippen LogP contribution in [0.5, 0.6) is 5.75 Å². The molecule has 0 atom stereocenters. The van der Waals surface area contributed by atoms with Crippen LogP contribution in [0.25, 0.3) is 6.08 Å². The lowest BCUT2D eigenvalue weighted by atomic mass is 10.2. The SMILES string of the molecule is C=CCCCCCOc1ccc(/C=C/C(=O)O)cc1. The van der Waals surface area contributed by atoms with E-state index in [0.717, 1.165) is 43.1 Å². The third-order valence-electron chi connectivity index (χ3n) is 2.62. The van der Waals surface area contributed by atoms with E-state index in [9.17, 15) is 4.79 Å². The summed E-state index contributed by atoms with van der Waals surface area (Å²) in [6.07, 6.45) is 9.01. The van der Waals surface area contributed by atoms with Crippen molar-refractivity contribution in [3.05, 3.63) is 48.6 Å². The number of carbonyl (C=O) groups is 1. The fourth-order valence-corrected chi connectivity index (χ4v) is 1.60. The van der Waals surface area contributed by atoms with Gasteiger partial charge in [-0.05, 0) is 49.5 Å². The quantitative estimate of drug-likeness (QED) is 0.416. The van der Waals surface area contributed by atoms with Gasteiger partial charge in [-0.1, -0.05) is 18.2 Å². The Morgan fingerprint density at radius 1 is 1.21 bits per heavy atom. The highest BCUT2D eigenvalue weighted by Gasteiger charge is 1.95. The summed E-state index contributed by atoms with van der Waals surface area (Å²) < 4.78 is 5.60. The zero-order chi connectivity index (χ0) is 13.9. The second-order valence-corrected chi connectivity index (χ2v) is 4.23. The normalized spacial score (nSPS) is 10.5. The van der Waals surface area contributed by atoms with Crippen molar-refractivity contribution in [2.75, 3.05) is 6.61 Å². The number of carboxylic acids is 1. The van der Waals surface area contributed by atoms with Gasteiger partial charge in [0, 0.05) is 6.08 Å². The van der Waals surface area contributed by atoms with Crippen LogP contribution in [-0.2, 0) is 4.79 Å². The molecule has 0 saturated carbocycles. The fourth-order valence-electron chi connectivity index (χ4n) is 1.60. The van der Waals surface area contributed by atoms with Crippen LogP contribution in [0, 0.1) is 0 Å². The first-order valence-electron chi connectivity index (χ1n) is 6.47. The predicted molar refractivity (Wildman–Crippen MR) is 77.3 cm³/mol. The summed E-state index contributed by atoms with van der Waals surface area (Å²) in [5.41, 5.74) is 0.848. The van der Waals surface area contributed by atoms with Gasteiger partial charge in [0.1, 0.15) is 5.75 Å². The first-order chi connectivity index (χ1) is 9.22. The molecule has 0 aliphatic heterocycles. The number of allylic oxidation sites excluding steroid dienone is 1. The number of aliphatic carboxylic acids is 1. The molecule has 0 radical (unpaired) electrons. The molecule has 1 rings (SSSR count). The average molecular weight is 260 g/mol. The zero-order valence-corrected chi connectivity index (χ0v) is 11.0. The van der Waals surface area contributed by atoms with Crippen molar-refractivity contribution < 1.29 is 14.6 Å². The molecule has 0 aliphatic carbocycles. The Hall–Kier alpha value is -2.03. The maximum absolute atomic E-state index is 10.4.